The van der Waals surface area contributed by atoms with E-state index < -0.39 is 0 Å². The number of amides is 1. The molecule has 3 heteroatoms. The number of nitrogens with zero attached hydrogens (tertiary/aromatic N) is 2. The number of benzene rings is 2. The number of hydrogen-bond acceptors (Lipinski definition) is 2. The lowest BCUT2D eigenvalue weighted by Crippen LogP contribution is -2.54. The predicted molar refractivity (Wildman–Crippen MR) is 112 cm³/mol. The maximum Gasteiger partial charge on any atom is 0.234 e. The van der Waals surface area contributed by atoms with Crippen molar-refractivity contribution in [2.24, 2.45) is 11.8 Å². The van der Waals surface area contributed by atoms with Gasteiger partial charge in [-0.15, -0.1) is 0 Å². The van der Waals surface area contributed by atoms with Crippen LogP contribution in [-0.4, -0.2) is 47.9 Å². The summed E-state index contributed by atoms with van der Waals surface area (Å²) in [5.74, 6) is 1.96. The first-order chi connectivity index (χ1) is 13.8. The van der Waals surface area contributed by atoms with Crippen LogP contribution < -0.4 is 0 Å². The van der Waals surface area contributed by atoms with E-state index in [0.717, 1.165) is 55.2 Å². The smallest absolute Gasteiger partial charge is 0.234 e. The summed E-state index contributed by atoms with van der Waals surface area (Å²) >= 11 is 0. The Kier molecular flexibility index (Phi) is 4.94. The van der Waals surface area contributed by atoms with E-state index in [1.54, 1.807) is 0 Å². The van der Waals surface area contributed by atoms with Crippen molar-refractivity contribution in [1.29, 1.82) is 0 Å². The monoisotopic (exact) mass is 374 g/mol. The maximum absolute atomic E-state index is 13.6. The molecule has 3 nitrogen and oxygen atoms in total. The van der Waals surface area contributed by atoms with Crippen LogP contribution in [0.15, 0.2) is 60.7 Å². The van der Waals surface area contributed by atoms with Gasteiger partial charge in [-0.1, -0.05) is 67.1 Å². The Morgan fingerprint density at radius 1 is 0.786 bits per heavy atom. The van der Waals surface area contributed by atoms with Crippen LogP contribution >= 0.6 is 0 Å². The van der Waals surface area contributed by atoms with Gasteiger partial charge in [-0.25, -0.2) is 0 Å². The summed E-state index contributed by atoms with van der Waals surface area (Å²) in [4.78, 5) is 18.4. The molecule has 1 aliphatic heterocycles. The number of carbonyl (C=O) groups excluding carboxylic acids is 1. The molecule has 0 aromatic heterocycles. The van der Waals surface area contributed by atoms with Gasteiger partial charge in [-0.3, -0.25) is 9.69 Å². The number of piperazine rings is 1. The Balaban J connectivity index is 1.30. The molecule has 2 aromatic carbocycles. The summed E-state index contributed by atoms with van der Waals surface area (Å²) in [6.45, 7) is 3.80. The molecule has 0 spiro atoms. The van der Waals surface area contributed by atoms with Gasteiger partial charge in [0.2, 0.25) is 5.91 Å². The molecule has 3 aliphatic rings. The zero-order chi connectivity index (χ0) is 18.9. The van der Waals surface area contributed by atoms with Gasteiger partial charge in [0, 0.05) is 32.2 Å². The standard InChI is InChI=1S/C25H30N2O/c28-25(24(20-7-3-1-4-8-20)21-9-5-2-6-10-21)27-15-13-26(14-16-27)23-18-19-11-12-22(23)17-19/h1-10,19,22-24H,11-18H2/t19-,22+,23-/m1/s1. The second-order valence-electron chi connectivity index (χ2n) is 8.86. The summed E-state index contributed by atoms with van der Waals surface area (Å²) in [5.41, 5.74) is 2.18. The van der Waals surface area contributed by atoms with Gasteiger partial charge in [0.15, 0.2) is 0 Å². The second-order valence-corrected chi connectivity index (χ2v) is 8.86. The molecule has 2 bridgehead atoms. The molecule has 0 unspecified atom stereocenters. The van der Waals surface area contributed by atoms with Crippen molar-refractivity contribution in [2.45, 2.75) is 37.6 Å². The topological polar surface area (TPSA) is 23.6 Å². The third-order valence-electron chi connectivity index (χ3n) is 7.31. The average molecular weight is 375 g/mol. The second kappa shape index (κ2) is 7.71. The van der Waals surface area contributed by atoms with Gasteiger partial charge in [0.05, 0.1) is 5.92 Å². The number of hydrogen-bond donors (Lipinski definition) is 0. The summed E-state index contributed by atoms with van der Waals surface area (Å²) in [6.07, 6.45) is 5.73. The normalized spacial score (nSPS) is 27.5. The summed E-state index contributed by atoms with van der Waals surface area (Å²) in [6, 6.07) is 21.3. The summed E-state index contributed by atoms with van der Waals surface area (Å²) in [7, 11) is 0. The van der Waals surface area contributed by atoms with Crippen LogP contribution in [0.2, 0.25) is 0 Å². The van der Waals surface area contributed by atoms with Crippen LogP contribution in [0.5, 0.6) is 0 Å². The Bertz CT molecular complexity index is 758. The minimum atomic E-state index is -0.198. The van der Waals surface area contributed by atoms with E-state index in [2.05, 4.69) is 34.1 Å². The first kappa shape index (κ1) is 17.9. The fourth-order valence-electron chi connectivity index (χ4n) is 5.88. The average Bonchev–Trinajstić information content (AvgIpc) is 3.39. The zero-order valence-electron chi connectivity index (χ0n) is 16.5. The van der Waals surface area contributed by atoms with Crippen molar-refractivity contribution in [3.8, 4) is 0 Å². The van der Waals surface area contributed by atoms with E-state index in [1.807, 2.05) is 36.4 Å². The van der Waals surface area contributed by atoms with Crippen LogP contribution in [0.1, 0.15) is 42.7 Å². The Morgan fingerprint density at radius 2 is 1.39 bits per heavy atom. The molecule has 2 aliphatic carbocycles. The van der Waals surface area contributed by atoms with Crippen molar-refractivity contribution in [3.63, 3.8) is 0 Å². The number of fused-ring (bicyclic) bond motifs is 2. The lowest BCUT2D eigenvalue weighted by Gasteiger charge is -2.41. The Labute approximate surface area is 168 Å². The van der Waals surface area contributed by atoms with Gasteiger partial charge in [-0.05, 0) is 42.2 Å². The van der Waals surface area contributed by atoms with E-state index in [0.29, 0.717) is 0 Å². The highest BCUT2D eigenvalue weighted by Crippen LogP contribution is 2.46. The van der Waals surface area contributed by atoms with Gasteiger partial charge >= 0.3 is 0 Å². The molecule has 1 saturated heterocycles. The van der Waals surface area contributed by atoms with Crippen LogP contribution in [0.4, 0.5) is 0 Å². The molecule has 3 atom stereocenters. The molecule has 2 aromatic rings. The molecule has 3 fully saturated rings. The highest BCUT2D eigenvalue weighted by Gasteiger charge is 2.43. The van der Waals surface area contributed by atoms with Gasteiger partial charge in [0.25, 0.3) is 0 Å². The van der Waals surface area contributed by atoms with Crippen molar-refractivity contribution in [1.82, 2.24) is 9.80 Å². The SMILES string of the molecule is O=C(C(c1ccccc1)c1ccccc1)N1CCN([C@@H]2C[C@@H]3CC[C@H]2C3)CC1. The predicted octanol–water partition coefficient (Wildman–Crippen LogP) is 4.15. The van der Waals surface area contributed by atoms with E-state index >= 15 is 0 Å². The maximum atomic E-state index is 13.6. The molecular formula is C25H30N2O. The zero-order valence-corrected chi connectivity index (χ0v) is 16.5. The first-order valence-corrected chi connectivity index (χ1v) is 10.9. The van der Waals surface area contributed by atoms with E-state index in [1.165, 1.54) is 25.7 Å². The van der Waals surface area contributed by atoms with Crippen molar-refractivity contribution in [2.75, 3.05) is 26.2 Å². The first-order valence-electron chi connectivity index (χ1n) is 10.9. The van der Waals surface area contributed by atoms with Crippen molar-refractivity contribution in [3.05, 3.63) is 71.8 Å². The van der Waals surface area contributed by atoms with Crippen molar-refractivity contribution >= 4 is 5.91 Å². The fraction of sp³-hybridized carbons (Fsp3) is 0.480. The molecule has 0 radical (unpaired) electrons. The number of carbonyl (C=O) groups is 1. The highest BCUT2D eigenvalue weighted by molar-refractivity contribution is 5.87. The molecule has 2 saturated carbocycles. The van der Waals surface area contributed by atoms with E-state index in [4.69, 9.17) is 0 Å². The summed E-state index contributed by atoms with van der Waals surface area (Å²) in [5, 5.41) is 0. The van der Waals surface area contributed by atoms with Gasteiger partial charge in [0.1, 0.15) is 0 Å². The lowest BCUT2D eigenvalue weighted by molar-refractivity contribution is -0.134. The van der Waals surface area contributed by atoms with Crippen LogP contribution in [0.25, 0.3) is 0 Å². The van der Waals surface area contributed by atoms with E-state index in [-0.39, 0.29) is 11.8 Å². The largest absolute Gasteiger partial charge is 0.339 e. The minimum absolute atomic E-state index is 0.198. The van der Waals surface area contributed by atoms with Crippen molar-refractivity contribution < 1.29 is 4.79 Å². The molecular weight excluding hydrogens is 344 g/mol. The molecule has 1 amide bonds. The van der Waals surface area contributed by atoms with Crippen LogP contribution in [0, 0.1) is 11.8 Å². The van der Waals surface area contributed by atoms with E-state index in [9.17, 15) is 4.79 Å². The number of rotatable bonds is 4. The highest BCUT2D eigenvalue weighted by atomic mass is 16.2. The fourth-order valence-corrected chi connectivity index (χ4v) is 5.88. The van der Waals surface area contributed by atoms with Crippen LogP contribution in [-0.2, 0) is 4.79 Å². The van der Waals surface area contributed by atoms with Gasteiger partial charge in [-0.2, -0.15) is 0 Å². The molecule has 28 heavy (non-hydrogen) atoms. The third-order valence-corrected chi connectivity index (χ3v) is 7.31. The molecule has 5 rings (SSSR count). The summed E-state index contributed by atoms with van der Waals surface area (Å²) < 4.78 is 0. The Morgan fingerprint density at radius 3 is 1.89 bits per heavy atom. The third kappa shape index (κ3) is 3.37. The quantitative estimate of drug-likeness (QED) is 0.803. The molecule has 146 valence electrons. The molecule has 0 N–H and O–H groups in total. The minimum Gasteiger partial charge on any atom is -0.339 e. The molecule has 1 heterocycles. The Hall–Kier alpha value is -2.13. The lowest BCUT2D eigenvalue weighted by atomic mass is 9.89. The van der Waals surface area contributed by atoms with Gasteiger partial charge < -0.3 is 4.90 Å². The van der Waals surface area contributed by atoms with Crippen LogP contribution in [0.3, 0.4) is 0 Å².